The standard InChI is InChI=1S/C19H24O5S/c1-13(24-17(20)11-14-9-10-25(22,23)12-14)18(21)15-5-7-16(8-6-15)19(2,3)4/h5-10,13-14H,11-12H2,1-4H3. The molecule has 6 heteroatoms. The van der Waals surface area contributed by atoms with Gasteiger partial charge < -0.3 is 4.74 Å². The van der Waals surface area contributed by atoms with Gasteiger partial charge in [0.15, 0.2) is 15.9 Å². The Balaban J connectivity index is 1.94. The molecule has 1 aliphatic rings. The molecule has 2 unspecified atom stereocenters. The topological polar surface area (TPSA) is 77.5 Å². The van der Waals surface area contributed by atoms with Crippen LogP contribution in [0.3, 0.4) is 0 Å². The number of hydrogen-bond donors (Lipinski definition) is 0. The molecule has 0 amide bonds. The zero-order chi connectivity index (χ0) is 18.8. The van der Waals surface area contributed by atoms with Crippen LogP contribution in [0.1, 0.15) is 50.0 Å². The van der Waals surface area contributed by atoms with Gasteiger partial charge >= 0.3 is 5.97 Å². The van der Waals surface area contributed by atoms with Crippen molar-refractivity contribution in [3.63, 3.8) is 0 Å². The largest absolute Gasteiger partial charge is 0.454 e. The molecule has 0 fully saturated rings. The van der Waals surface area contributed by atoms with E-state index in [0.717, 1.165) is 11.0 Å². The molecule has 2 atom stereocenters. The highest BCUT2D eigenvalue weighted by Crippen LogP contribution is 2.23. The first-order valence-corrected chi connectivity index (χ1v) is 9.95. The summed E-state index contributed by atoms with van der Waals surface area (Å²) in [7, 11) is -3.20. The van der Waals surface area contributed by atoms with Crippen LogP contribution in [0, 0.1) is 5.92 Å². The number of ketones is 1. The lowest BCUT2D eigenvalue weighted by Gasteiger charge is -2.19. The molecule has 0 bridgehead atoms. The summed E-state index contributed by atoms with van der Waals surface area (Å²) in [6.45, 7) is 7.79. The summed E-state index contributed by atoms with van der Waals surface area (Å²) in [4.78, 5) is 24.3. The number of Topliss-reactive ketones (excluding diaryl/α,β-unsaturated/α-hetero) is 1. The monoisotopic (exact) mass is 364 g/mol. The molecular formula is C19H24O5S. The van der Waals surface area contributed by atoms with Gasteiger partial charge in [0, 0.05) is 16.9 Å². The van der Waals surface area contributed by atoms with Crippen molar-refractivity contribution in [3.05, 3.63) is 46.9 Å². The molecule has 0 radical (unpaired) electrons. The molecular weight excluding hydrogens is 340 g/mol. The van der Waals surface area contributed by atoms with Gasteiger partial charge in [-0.3, -0.25) is 9.59 Å². The Hall–Kier alpha value is -1.95. The normalized spacial score (nSPS) is 20.2. The van der Waals surface area contributed by atoms with Gasteiger partial charge in [0.05, 0.1) is 12.2 Å². The Labute approximate surface area is 149 Å². The molecule has 1 aromatic rings. The summed E-state index contributed by atoms with van der Waals surface area (Å²) < 4.78 is 27.9. The van der Waals surface area contributed by atoms with Gasteiger partial charge in [-0.2, -0.15) is 0 Å². The summed E-state index contributed by atoms with van der Waals surface area (Å²) in [6, 6.07) is 7.27. The predicted molar refractivity (Wildman–Crippen MR) is 96.1 cm³/mol. The summed E-state index contributed by atoms with van der Waals surface area (Å²) in [5, 5.41) is 1.12. The molecule has 1 aromatic carbocycles. The number of esters is 1. The number of rotatable bonds is 5. The smallest absolute Gasteiger partial charge is 0.307 e. The van der Waals surface area contributed by atoms with E-state index in [4.69, 9.17) is 4.74 Å². The van der Waals surface area contributed by atoms with Crippen LogP contribution < -0.4 is 0 Å². The summed E-state index contributed by atoms with van der Waals surface area (Å²) in [5.74, 6) is -1.31. The van der Waals surface area contributed by atoms with E-state index < -0.39 is 21.9 Å². The fourth-order valence-electron chi connectivity index (χ4n) is 2.65. The van der Waals surface area contributed by atoms with Crippen molar-refractivity contribution in [2.24, 2.45) is 5.92 Å². The van der Waals surface area contributed by atoms with E-state index in [9.17, 15) is 18.0 Å². The zero-order valence-corrected chi connectivity index (χ0v) is 15.8. The number of hydrogen-bond acceptors (Lipinski definition) is 5. The minimum atomic E-state index is -3.20. The van der Waals surface area contributed by atoms with Crippen molar-refractivity contribution >= 4 is 21.6 Å². The molecule has 2 rings (SSSR count). The van der Waals surface area contributed by atoms with Crippen LogP contribution in [-0.4, -0.2) is 32.0 Å². The van der Waals surface area contributed by atoms with E-state index in [-0.39, 0.29) is 29.3 Å². The zero-order valence-electron chi connectivity index (χ0n) is 15.0. The van der Waals surface area contributed by atoms with Crippen molar-refractivity contribution in [1.29, 1.82) is 0 Å². The van der Waals surface area contributed by atoms with Crippen LogP contribution in [0.2, 0.25) is 0 Å². The maximum absolute atomic E-state index is 12.4. The van der Waals surface area contributed by atoms with Gasteiger partial charge in [0.1, 0.15) is 0 Å². The fraction of sp³-hybridized carbons (Fsp3) is 0.474. The molecule has 5 nitrogen and oxygen atoms in total. The first-order valence-electron chi connectivity index (χ1n) is 8.23. The lowest BCUT2D eigenvalue weighted by Crippen LogP contribution is -2.26. The quantitative estimate of drug-likeness (QED) is 0.593. The van der Waals surface area contributed by atoms with E-state index >= 15 is 0 Å². The van der Waals surface area contributed by atoms with E-state index in [1.807, 2.05) is 12.1 Å². The number of carbonyl (C=O) groups excluding carboxylic acids is 2. The van der Waals surface area contributed by atoms with Crippen LogP contribution in [-0.2, 0) is 24.8 Å². The maximum atomic E-state index is 12.4. The Kier molecular flexibility index (Phi) is 5.52. The fourth-order valence-corrected chi connectivity index (χ4v) is 4.05. The SMILES string of the molecule is CC(OC(=O)CC1C=CS(=O)(=O)C1)C(=O)c1ccc(C(C)(C)C)cc1. The van der Waals surface area contributed by atoms with Gasteiger partial charge in [0.2, 0.25) is 5.78 Å². The summed E-state index contributed by atoms with van der Waals surface area (Å²) in [6.07, 6.45) is 0.542. The summed E-state index contributed by atoms with van der Waals surface area (Å²) >= 11 is 0. The molecule has 0 saturated heterocycles. The second-order valence-corrected chi connectivity index (χ2v) is 9.38. The van der Waals surface area contributed by atoms with Crippen LogP contribution in [0.15, 0.2) is 35.7 Å². The van der Waals surface area contributed by atoms with Gasteiger partial charge in [-0.05, 0) is 17.9 Å². The van der Waals surface area contributed by atoms with Crippen molar-refractivity contribution in [1.82, 2.24) is 0 Å². The van der Waals surface area contributed by atoms with Crippen molar-refractivity contribution in [2.75, 3.05) is 5.75 Å². The molecule has 0 aromatic heterocycles. The van der Waals surface area contributed by atoms with Crippen LogP contribution in [0.4, 0.5) is 0 Å². The second kappa shape index (κ2) is 7.12. The molecule has 136 valence electrons. The molecule has 25 heavy (non-hydrogen) atoms. The van der Waals surface area contributed by atoms with E-state index in [1.54, 1.807) is 12.1 Å². The van der Waals surface area contributed by atoms with Crippen LogP contribution in [0.25, 0.3) is 0 Å². The van der Waals surface area contributed by atoms with Crippen molar-refractivity contribution in [2.45, 2.75) is 45.6 Å². The Morgan fingerprint density at radius 3 is 2.28 bits per heavy atom. The molecule has 1 heterocycles. The second-order valence-electron chi connectivity index (χ2n) is 7.45. The number of carbonyl (C=O) groups is 2. The molecule has 1 aliphatic heterocycles. The third kappa shape index (κ3) is 5.26. The lowest BCUT2D eigenvalue weighted by atomic mass is 9.86. The molecule has 0 spiro atoms. The van der Waals surface area contributed by atoms with Gasteiger partial charge in [0.25, 0.3) is 0 Å². The lowest BCUT2D eigenvalue weighted by molar-refractivity contribution is -0.146. The summed E-state index contributed by atoms with van der Waals surface area (Å²) in [5.41, 5.74) is 1.59. The van der Waals surface area contributed by atoms with Crippen molar-refractivity contribution in [3.8, 4) is 0 Å². The average Bonchev–Trinajstić information content (AvgIpc) is 2.84. The third-order valence-corrected chi connectivity index (χ3v) is 5.61. The van der Waals surface area contributed by atoms with E-state index in [2.05, 4.69) is 20.8 Å². The van der Waals surface area contributed by atoms with Crippen LogP contribution >= 0.6 is 0 Å². The van der Waals surface area contributed by atoms with Crippen LogP contribution in [0.5, 0.6) is 0 Å². The number of allylic oxidation sites excluding steroid dienone is 1. The molecule has 0 N–H and O–H groups in total. The first kappa shape index (κ1) is 19.4. The highest BCUT2D eigenvalue weighted by Gasteiger charge is 2.26. The van der Waals surface area contributed by atoms with E-state index in [0.29, 0.717) is 5.56 Å². The highest BCUT2D eigenvalue weighted by molar-refractivity contribution is 7.94. The third-order valence-electron chi connectivity index (χ3n) is 4.15. The maximum Gasteiger partial charge on any atom is 0.307 e. The molecule has 0 aliphatic carbocycles. The Morgan fingerprint density at radius 1 is 1.20 bits per heavy atom. The number of benzene rings is 1. The molecule has 0 saturated carbocycles. The van der Waals surface area contributed by atoms with Gasteiger partial charge in [-0.25, -0.2) is 8.42 Å². The van der Waals surface area contributed by atoms with Gasteiger partial charge in [-0.1, -0.05) is 51.1 Å². The Morgan fingerprint density at radius 2 is 1.80 bits per heavy atom. The number of ether oxygens (including phenoxy) is 1. The van der Waals surface area contributed by atoms with E-state index in [1.165, 1.54) is 13.0 Å². The van der Waals surface area contributed by atoms with Crippen molar-refractivity contribution < 1.29 is 22.7 Å². The Bertz CT molecular complexity index is 782. The van der Waals surface area contributed by atoms with Gasteiger partial charge in [-0.15, -0.1) is 0 Å². The average molecular weight is 364 g/mol. The highest BCUT2D eigenvalue weighted by atomic mass is 32.2. The number of sulfone groups is 1. The first-order chi connectivity index (χ1) is 11.5. The minimum absolute atomic E-state index is 0.00516. The predicted octanol–water partition coefficient (Wildman–Crippen LogP) is 3.05. The minimum Gasteiger partial charge on any atom is -0.454 e.